The molecular weight excluding hydrogens is 542 g/mol. The number of aromatic nitrogens is 2. The van der Waals surface area contributed by atoms with E-state index in [1.807, 2.05) is 18.2 Å². The first-order valence-corrected chi connectivity index (χ1v) is 15.2. The minimum absolute atomic E-state index is 0.00541. The number of sulfone groups is 1. The van der Waals surface area contributed by atoms with Crippen LogP contribution in [0, 0.1) is 11.3 Å². The molecule has 2 aliphatic heterocycles. The average Bonchev–Trinajstić information content (AvgIpc) is 3.55. The second kappa shape index (κ2) is 11.6. The molecular formula is C26H27N5O6S2. The van der Waals surface area contributed by atoms with Gasteiger partial charge in [0.15, 0.2) is 14.9 Å². The zero-order chi connectivity index (χ0) is 27.4. The Morgan fingerprint density at radius 2 is 2.08 bits per heavy atom. The van der Waals surface area contributed by atoms with Gasteiger partial charge in [-0.15, -0.1) is 0 Å². The Kier molecular flexibility index (Phi) is 8.06. The number of H-pyrrole nitrogens is 1. The van der Waals surface area contributed by atoms with Crippen LogP contribution in [0.4, 0.5) is 0 Å². The number of fused-ring (bicyclic) bond motifs is 1. The predicted molar refractivity (Wildman–Crippen MR) is 146 cm³/mol. The van der Waals surface area contributed by atoms with Crippen molar-refractivity contribution < 1.29 is 27.4 Å². The number of aliphatic imine (C=N–C) groups is 1. The van der Waals surface area contributed by atoms with Gasteiger partial charge in [-0.2, -0.15) is 5.26 Å². The number of pyridine rings is 1. The van der Waals surface area contributed by atoms with E-state index in [0.29, 0.717) is 37.0 Å². The molecule has 1 fully saturated rings. The van der Waals surface area contributed by atoms with E-state index in [-0.39, 0.29) is 35.3 Å². The summed E-state index contributed by atoms with van der Waals surface area (Å²) in [5.41, 5.74) is 1.61. The maximum Gasteiger partial charge on any atom is 0.222 e. The molecule has 2 aromatic heterocycles. The summed E-state index contributed by atoms with van der Waals surface area (Å²) < 4.78 is 41.4. The van der Waals surface area contributed by atoms with Crippen molar-refractivity contribution in [2.75, 3.05) is 32.6 Å². The van der Waals surface area contributed by atoms with Crippen molar-refractivity contribution in [2.24, 2.45) is 4.99 Å². The minimum Gasteiger partial charge on any atom is -0.488 e. The molecule has 4 heterocycles. The number of nitriles is 1. The molecule has 1 amide bonds. The van der Waals surface area contributed by atoms with Crippen LogP contribution in [0.5, 0.6) is 17.2 Å². The summed E-state index contributed by atoms with van der Waals surface area (Å²) in [6, 6.07) is 10.5. The Labute approximate surface area is 229 Å². The highest BCUT2D eigenvalue weighted by atomic mass is 32.2. The van der Waals surface area contributed by atoms with Crippen LogP contribution in [0.15, 0.2) is 46.5 Å². The van der Waals surface area contributed by atoms with Gasteiger partial charge in [-0.25, -0.2) is 13.4 Å². The molecule has 1 atom stereocenters. The quantitative estimate of drug-likeness (QED) is 0.370. The maximum atomic E-state index is 12.0. The highest BCUT2D eigenvalue weighted by Gasteiger charge is 2.25. The fourth-order valence-corrected chi connectivity index (χ4v) is 5.94. The summed E-state index contributed by atoms with van der Waals surface area (Å²) >= 11 is 1.52. The molecule has 0 radical (unpaired) electrons. The summed E-state index contributed by atoms with van der Waals surface area (Å²) in [5, 5.41) is 12.8. The third kappa shape index (κ3) is 6.70. The van der Waals surface area contributed by atoms with Crippen LogP contribution in [0.25, 0.3) is 10.9 Å². The first kappa shape index (κ1) is 27.0. The Hall–Kier alpha value is -3.60. The molecule has 2 aliphatic rings. The van der Waals surface area contributed by atoms with Crippen molar-refractivity contribution >= 4 is 43.5 Å². The Morgan fingerprint density at radius 3 is 2.79 bits per heavy atom. The van der Waals surface area contributed by atoms with Gasteiger partial charge in [0.1, 0.15) is 34.9 Å². The first-order valence-electron chi connectivity index (χ1n) is 12.4. The number of nitrogens with one attached hydrogen (secondary N) is 2. The predicted octanol–water partition coefficient (Wildman–Crippen LogP) is 3.21. The summed E-state index contributed by atoms with van der Waals surface area (Å²) in [7, 11) is -3.41. The number of benzene rings is 1. The maximum absolute atomic E-state index is 12.0. The van der Waals surface area contributed by atoms with E-state index < -0.39 is 9.84 Å². The van der Waals surface area contributed by atoms with E-state index in [0.717, 1.165) is 40.7 Å². The van der Waals surface area contributed by atoms with Gasteiger partial charge in [0.05, 0.1) is 43.2 Å². The van der Waals surface area contributed by atoms with Crippen LogP contribution >= 0.6 is 11.8 Å². The lowest BCUT2D eigenvalue weighted by molar-refractivity contribution is -0.120. The molecule has 0 aliphatic carbocycles. The fourth-order valence-electron chi connectivity index (χ4n) is 4.30. The molecule has 13 heteroatoms. The van der Waals surface area contributed by atoms with Gasteiger partial charge in [-0.1, -0.05) is 11.8 Å². The minimum atomic E-state index is -3.41. The average molecular weight is 570 g/mol. The summed E-state index contributed by atoms with van der Waals surface area (Å²) in [4.78, 5) is 24.1. The molecule has 5 rings (SSSR count). The number of carbonyl (C=O) groups is 1. The summed E-state index contributed by atoms with van der Waals surface area (Å²) in [6.45, 7) is 1.76. The molecule has 11 nitrogen and oxygen atoms in total. The van der Waals surface area contributed by atoms with Gasteiger partial charge in [-0.3, -0.25) is 9.79 Å². The van der Waals surface area contributed by atoms with Gasteiger partial charge in [0, 0.05) is 42.2 Å². The van der Waals surface area contributed by atoms with E-state index in [1.54, 1.807) is 12.1 Å². The lowest BCUT2D eigenvalue weighted by Gasteiger charge is -2.24. The number of ether oxygens (including phenoxy) is 3. The smallest absolute Gasteiger partial charge is 0.222 e. The van der Waals surface area contributed by atoms with Gasteiger partial charge in [0.25, 0.3) is 0 Å². The highest BCUT2D eigenvalue weighted by molar-refractivity contribution is 8.15. The van der Waals surface area contributed by atoms with Crippen LogP contribution in [0.2, 0.25) is 0 Å². The molecule has 204 valence electrons. The number of thioether (sulfide) groups is 1. The third-order valence-corrected chi connectivity index (χ3v) is 8.40. The first-order chi connectivity index (χ1) is 18.8. The fraction of sp³-hybridized carbons (Fsp3) is 0.385. The van der Waals surface area contributed by atoms with E-state index in [9.17, 15) is 13.2 Å². The van der Waals surface area contributed by atoms with E-state index >= 15 is 0 Å². The third-order valence-electron chi connectivity index (χ3n) is 6.18. The van der Waals surface area contributed by atoms with E-state index in [2.05, 4.69) is 20.3 Å². The van der Waals surface area contributed by atoms with Crippen molar-refractivity contribution in [1.82, 2.24) is 15.3 Å². The van der Waals surface area contributed by atoms with Crippen LogP contribution in [0.1, 0.15) is 25.0 Å². The molecule has 1 unspecified atom stereocenters. The number of nitrogens with zero attached hydrogens (tertiary/aromatic N) is 3. The lowest BCUT2D eigenvalue weighted by Crippen LogP contribution is -2.27. The van der Waals surface area contributed by atoms with E-state index in [1.165, 1.54) is 24.0 Å². The number of hydrogen-bond donors (Lipinski definition) is 2. The van der Waals surface area contributed by atoms with Gasteiger partial charge in [-0.05, 0) is 24.3 Å². The van der Waals surface area contributed by atoms with Gasteiger partial charge < -0.3 is 24.5 Å². The van der Waals surface area contributed by atoms with Crippen LogP contribution in [-0.4, -0.2) is 73.2 Å². The molecule has 1 aromatic carbocycles. The normalized spacial score (nSPS) is 17.9. The zero-order valence-electron chi connectivity index (χ0n) is 21.2. The highest BCUT2D eigenvalue weighted by Crippen LogP contribution is 2.37. The van der Waals surface area contributed by atoms with Gasteiger partial charge >= 0.3 is 0 Å². The standard InChI is InChI=1S/C26H27N5O6S2/c1-39(33,34)24-3-2-18(14-29-24)36-19-10-16-11-21(26-30-15-20(38-26)13-23(32)28-7-6-27)31-25(16)22(12-19)37-17-4-8-35-9-5-17/h2-3,10-12,14,17,20,31H,4-5,7-9,13,15H2,1H3,(H,28,32). The second-order valence-electron chi connectivity index (χ2n) is 9.23. The zero-order valence-corrected chi connectivity index (χ0v) is 22.8. The molecule has 0 spiro atoms. The number of aromatic amines is 1. The molecule has 39 heavy (non-hydrogen) atoms. The largest absolute Gasteiger partial charge is 0.488 e. The SMILES string of the molecule is CS(=O)(=O)c1ccc(Oc2cc(OC3CCOCC3)c3[nH]c(C4=NCC(CC(=O)NCC#N)S4)cc3c2)cn1. The molecule has 1 saturated heterocycles. The topological polar surface area (TPSA) is 156 Å². The van der Waals surface area contributed by atoms with Crippen molar-refractivity contribution in [3.05, 3.63) is 42.2 Å². The molecule has 2 N–H and O–H groups in total. The van der Waals surface area contributed by atoms with Crippen LogP contribution < -0.4 is 14.8 Å². The number of rotatable bonds is 9. The Bertz CT molecular complexity index is 1540. The summed E-state index contributed by atoms with van der Waals surface area (Å²) in [6.07, 6.45) is 4.30. The summed E-state index contributed by atoms with van der Waals surface area (Å²) in [5.74, 6) is 1.35. The van der Waals surface area contributed by atoms with Crippen LogP contribution in [0.3, 0.4) is 0 Å². The Morgan fingerprint density at radius 1 is 1.26 bits per heavy atom. The van der Waals surface area contributed by atoms with Crippen molar-refractivity contribution in [3.63, 3.8) is 0 Å². The Balaban J connectivity index is 1.39. The van der Waals surface area contributed by atoms with Crippen molar-refractivity contribution in [2.45, 2.75) is 35.6 Å². The monoisotopic (exact) mass is 569 g/mol. The lowest BCUT2D eigenvalue weighted by atomic mass is 10.1. The van der Waals surface area contributed by atoms with Gasteiger partial charge in [0.2, 0.25) is 5.91 Å². The number of hydrogen-bond acceptors (Lipinski definition) is 10. The second-order valence-corrected chi connectivity index (χ2v) is 12.5. The molecule has 0 saturated carbocycles. The number of carbonyl (C=O) groups excluding carboxylic acids is 1. The number of amides is 1. The van der Waals surface area contributed by atoms with E-state index in [4.69, 9.17) is 19.5 Å². The van der Waals surface area contributed by atoms with Crippen LogP contribution in [-0.2, 0) is 19.4 Å². The molecule has 0 bridgehead atoms. The van der Waals surface area contributed by atoms with Crippen molar-refractivity contribution in [3.8, 4) is 23.3 Å². The van der Waals surface area contributed by atoms with Crippen molar-refractivity contribution in [1.29, 1.82) is 5.26 Å². The molecule has 3 aromatic rings.